The molecule has 2 heterocycles. The second kappa shape index (κ2) is 8.84. The molecule has 2 aromatic carbocycles. The average Bonchev–Trinajstić information content (AvgIpc) is 3.08. The van der Waals surface area contributed by atoms with Gasteiger partial charge in [-0.2, -0.15) is 4.98 Å². The molecule has 4 aromatic rings. The molecule has 0 unspecified atom stereocenters. The first-order chi connectivity index (χ1) is 14.9. The van der Waals surface area contributed by atoms with Gasteiger partial charge in [0.2, 0.25) is 5.88 Å². The number of aryl methyl sites for hydroxylation is 2. The van der Waals surface area contributed by atoms with Crippen LogP contribution < -0.4 is 10.1 Å². The third-order valence-electron chi connectivity index (χ3n) is 4.75. The number of ether oxygens (including phenoxy) is 1. The summed E-state index contributed by atoms with van der Waals surface area (Å²) in [5.41, 5.74) is 3.28. The summed E-state index contributed by atoms with van der Waals surface area (Å²) in [5, 5.41) is 2.90. The Labute approximate surface area is 193 Å². The van der Waals surface area contributed by atoms with Crippen molar-refractivity contribution in [3.8, 4) is 17.4 Å². The zero-order chi connectivity index (χ0) is 22.0. The molecule has 0 aliphatic carbocycles. The number of rotatable bonds is 5. The molecule has 4 rings (SSSR count). The second-order valence-corrected chi connectivity index (χ2v) is 8.12. The van der Waals surface area contributed by atoms with Gasteiger partial charge in [0.1, 0.15) is 23.7 Å². The number of aromatic nitrogens is 4. The molecule has 0 bridgehead atoms. The predicted molar refractivity (Wildman–Crippen MR) is 127 cm³/mol. The second-order valence-electron chi connectivity index (χ2n) is 6.96. The molecule has 1 N–H and O–H groups in total. The van der Waals surface area contributed by atoms with Crippen molar-refractivity contribution in [1.82, 2.24) is 19.5 Å². The molecule has 8 heteroatoms. The molecule has 0 aliphatic rings. The Morgan fingerprint density at radius 3 is 2.45 bits per heavy atom. The van der Waals surface area contributed by atoms with E-state index >= 15 is 0 Å². The Balaban J connectivity index is 1.50. The summed E-state index contributed by atoms with van der Waals surface area (Å²) >= 11 is 2.15. The van der Waals surface area contributed by atoms with Crippen molar-refractivity contribution in [2.24, 2.45) is 0 Å². The van der Waals surface area contributed by atoms with Crippen LogP contribution >= 0.6 is 22.6 Å². The van der Waals surface area contributed by atoms with Crippen LogP contribution in [0.4, 0.5) is 5.69 Å². The minimum absolute atomic E-state index is 0.152. The average molecular weight is 525 g/mol. The van der Waals surface area contributed by atoms with Crippen LogP contribution in [0.5, 0.6) is 11.6 Å². The number of hydrogen-bond acceptors (Lipinski definition) is 5. The monoisotopic (exact) mass is 525 g/mol. The van der Waals surface area contributed by atoms with Crippen molar-refractivity contribution in [1.29, 1.82) is 0 Å². The lowest BCUT2D eigenvalue weighted by Gasteiger charge is -2.10. The Kier molecular flexibility index (Phi) is 5.99. The summed E-state index contributed by atoms with van der Waals surface area (Å²) in [4.78, 5) is 25.7. The Morgan fingerprint density at radius 2 is 1.77 bits per heavy atom. The third-order valence-corrected chi connectivity index (χ3v) is 5.69. The van der Waals surface area contributed by atoms with Crippen molar-refractivity contribution in [2.45, 2.75) is 20.8 Å². The highest BCUT2D eigenvalue weighted by Crippen LogP contribution is 2.24. The van der Waals surface area contributed by atoms with Crippen LogP contribution in [0.2, 0.25) is 0 Å². The van der Waals surface area contributed by atoms with Gasteiger partial charge >= 0.3 is 0 Å². The molecule has 0 fully saturated rings. The van der Waals surface area contributed by atoms with E-state index in [2.05, 4.69) is 42.9 Å². The summed E-state index contributed by atoms with van der Waals surface area (Å²) in [6, 6.07) is 16.4. The van der Waals surface area contributed by atoms with Crippen molar-refractivity contribution >= 4 is 34.2 Å². The number of carbonyl (C=O) groups is 1. The van der Waals surface area contributed by atoms with Crippen LogP contribution in [0, 0.1) is 24.3 Å². The Bertz CT molecular complexity index is 1250. The fourth-order valence-electron chi connectivity index (χ4n) is 3.00. The maximum Gasteiger partial charge on any atom is 0.256 e. The van der Waals surface area contributed by atoms with E-state index in [1.54, 1.807) is 42.7 Å². The molecule has 0 aliphatic heterocycles. The molecule has 0 spiro atoms. The fourth-order valence-corrected chi connectivity index (χ4v) is 3.63. The van der Waals surface area contributed by atoms with E-state index in [1.165, 1.54) is 0 Å². The van der Waals surface area contributed by atoms with Gasteiger partial charge in [0, 0.05) is 21.0 Å². The number of nitrogens with one attached hydrogen (secondary N) is 1. The highest BCUT2D eigenvalue weighted by atomic mass is 127. The molecule has 31 heavy (non-hydrogen) atoms. The smallest absolute Gasteiger partial charge is 0.256 e. The quantitative estimate of drug-likeness (QED) is 0.361. The van der Waals surface area contributed by atoms with Crippen LogP contribution in [-0.2, 0) is 0 Å². The normalized spacial score (nSPS) is 10.7. The van der Waals surface area contributed by atoms with Gasteiger partial charge in [0.15, 0.2) is 0 Å². The molecule has 156 valence electrons. The van der Waals surface area contributed by atoms with Crippen molar-refractivity contribution in [3.05, 3.63) is 87.3 Å². The van der Waals surface area contributed by atoms with E-state index in [-0.39, 0.29) is 5.91 Å². The van der Waals surface area contributed by atoms with Gasteiger partial charge in [0.25, 0.3) is 5.91 Å². The number of hydrogen-bond donors (Lipinski definition) is 1. The summed E-state index contributed by atoms with van der Waals surface area (Å²) in [6.45, 7) is 5.76. The zero-order valence-corrected chi connectivity index (χ0v) is 19.4. The van der Waals surface area contributed by atoms with Gasteiger partial charge in [0.05, 0.1) is 11.3 Å². The zero-order valence-electron chi connectivity index (χ0n) is 17.3. The maximum atomic E-state index is 12.5. The van der Waals surface area contributed by atoms with Gasteiger partial charge in [-0.1, -0.05) is 12.1 Å². The van der Waals surface area contributed by atoms with E-state index in [4.69, 9.17) is 4.74 Å². The lowest BCUT2D eigenvalue weighted by Crippen LogP contribution is -2.13. The number of benzene rings is 2. The number of carbonyl (C=O) groups excluding carboxylic acids is 1. The lowest BCUT2D eigenvalue weighted by molar-refractivity contribution is 0.102. The lowest BCUT2D eigenvalue weighted by atomic mass is 10.2. The van der Waals surface area contributed by atoms with E-state index in [9.17, 15) is 4.79 Å². The van der Waals surface area contributed by atoms with Gasteiger partial charge in [-0.25, -0.2) is 9.97 Å². The molecule has 0 atom stereocenters. The Hall–Kier alpha value is -3.27. The SMILES string of the molecule is Cc1nc(Oc2ccc(NC(=O)c3ccccc3I)cc2)cc(-n2cnc(C)c2C)n1. The molecule has 0 saturated heterocycles. The van der Waals surface area contributed by atoms with Gasteiger partial charge in [-0.15, -0.1) is 0 Å². The molecule has 2 aromatic heterocycles. The van der Waals surface area contributed by atoms with E-state index < -0.39 is 0 Å². The first-order valence-corrected chi connectivity index (χ1v) is 10.7. The van der Waals surface area contributed by atoms with Crippen molar-refractivity contribution < 1.29 is 9.53 Å². The molecule has 0 radical (unpaired) electrons. The summed E-state index contributed by atoms with van der Waals surface area (Å²) < 4.78 is 8.74. The highest BCUT2D eigenvalue weighted by molar-refractivity contribution is 14.1. The molecular formula is C23H20IN5O2. The van der Waals surface area contributed by atoms with Gasteiger partial charge < -0.3 is 10.1 Å². The van der Waals surface area contributed by atoms with E-state index in [0.717, 1.165) is 15.0 Å². The first-order valence-electron chi connectivity index (χ1n) is 9.61. The largest absolute Gasteiger partial charge is 0.439 e. The molecular weight excluding hydrogens is 505 g/mol. The molecule has 1 amide bonds. The van der Waals surface area contributed by atoms with Gasteiger partial charge in [-0.3, -0.25) is 9.36 Å². The van der Waals surface area contributed by atoms with Crippen LogP contribution in [0.25, 0.3) is 5.82 Å². The minimum Gasteiger partial charge on any atom is -0.439 e. The van der Waals surface area contributed by atoms with E-state index in [1.807, 2.05) is 43.5 Å². The summed E-state index contributed by atoms with van der Waals surface area (Å²) in [5.74, 6) is 2.18. The van der Waals surface area contributed by atoms with Crippen LogP contribution in [-0.4, -0.2) is 25.4 Å². The van der Waals surface area contributed by atoms with Gasteiger partial charge in [-0.05, 0) is 79.8 Å². The minimum atomic E-state index is -0.152. The standard InChI is InChI=1S/C23H20IN5O2/c1-14-15(2)29(13-25-14)21-12-22(27-16(3)26-21)31-18-10-8-17(9-11-18)28-23(30)19-6-4-5-7-20(19)24/h4-13H,1-3H3,(H,28,30). The van der Waals surface area contributed by atoms with Crippen molar-refractivity contribution in [3.63, 3.8) is 0 Å². The third kappa shape index (κ3) is 4.74. The topological polar surface area (TPSA) is 81.9 Å². The van der Waals surface area contributed by atoms with Crippen molar-refractivity contribution in [2.75, 3.05) is 5.32 Å². The highest BCUT2D eigenvalue weighted by Gasteiger charge is 2.11. The fraction of sp³-hybridized carbons (Fsp3) is 0.130. The molecule has 7 nitrogen and oxygen atoms in total. The van der Waals surface area contributed by atoms with E-state index in [0.29, 0.717) is 34.5 Å². The number of imidazole rings is 1. The van der Waals surface area contributed by atoms with Crippen LogP contribution in [0.1, 0.15) is 27.6 Å². The molecule has 0 saturated carbocycles. The summed E-state index contributed by atoms with van der Waals surface area (Å²) in [7, 11) is 0. The number of nitrogens with zero attached hydrogens (tertiary/aromatic N) is 4. The summed E-state index contributed by atoms with van der Waals surface area (Å²) in [6.07, 6.45) is 1.74. The maximum absolute atomic E-state index is 12.5. The first kappa shape index (κ1) is 21.0. The van der Waals surface area contributed by atoms with Crippen LogP contribution in [0.3, 0.4) is 0 Å². The predicted octanol–water partition coefficient (Wildman–Crippen LogP) is 5.24. The Morgan fingerprint density at radius 1 is 1.03 bits per heavy atom. The van der Waals surface area contributed by atoms with Crippen LogP contribution in [0.15, 0.2) is 60.9 Å². The number of anilines is 1. The number of amides is 1. The number of halogens is 1.